The minimum atomic E-state index is -0.0782. The van der Waals surface area contributed by atoms with Gasteiger partial charge in [0.1, 0.15) is 5.82 Å². The third kappa shape index (κ3) is 2.00. The van der Waals surface area contributed by atoms with Crippen LogP contribution < -0.4 is 0 Å². The molecule has 3 nitrogen and oxygen atoms in total. The van der Waals surface area contributed by atoms with Crippen molar-refractivity contribution in [3.63, 3.8) is 0 Å². The number of nitrogens with one attached hydrogen (secondary N) is 1. The van der Waals surface area contributed by atoms with Crippen LogP contribution in [0.2, 0.25) is 10.0 Å². The number of H-pyrrole nitrogens is 1. The van der Waals surface area contributed by atoms with Gasteiger partial charge in [0.05, 0.1) is 28.5 Å². The second-order valence-corrected chi connectivity index (χ2v) is 3.80. The van der Waals surface area contributed by atoms with E-state index in [4.69, 9.17) is 28.3 Å². The molecule has 0 amide bonds. The van der Waals surface area contributed by atoms with Gasteiger partial charge in [0, 0.05) is 5.56 Å². The fourth-order valence-electron chi connectivity index (χ4n) is 1.26. The number of benzene rings is 1. The molecule has 0 fully saturated rings. The Kier molecular flexibility index (Phi) is 2.95. The van der Waals surface area contributed by atoms with Gasteiger partial charge in [0.2, 0.25) is 0 Å². The Morgan fingerprint density at radius 1 is 1.33 bits per heavy atom. The van der Waals surface area contributed by atoms with Gasteiger partial charge in [-0.05, 0) is 12.1 Å². The summed E-state index contributed by atoms with van der Waals surface area (Å²) in [4.78, 5) is 7.04. The molecule has 1 aromatic carbocycles. The largest absolute Gasteiger partial charge is 0.390 e. The Balaban J connectivity index is 2.49. The van der Waals surface area contributed by atoms with E-state index in [0.717, 1.165) is 5.56 Å². The van der Waals surface area contributed by atoms with Crippen molar-refractivity contribution in [2.24, 2.45) is 0 Å². The number of hydrogen-bond acceptors (Lipinski definition) is 2. The first kappa shape index (κ1) is 10.5. The molecule has 5 heteroatoms. The molecule has 0 spiro atoms. The number of rotatable bonds is 2. The van der Waals surface area contributed by atoms with Crippen molar-refractivity contribution in [1.82, 2.24) is 9.97 Å². The van der Waals surface area contributed by atoms with E-state index in [1.165, 1.54) is 0 Å². The van der Waals surface area contributed by atoms with Crippen molar-refractivity contribution >= 4 is 23.2 Å². The van der Waals surface area contributed by atoms with Crippen LogP contribution in [0.5, 0.6) is 0 Å². The summed E-state index contributed by atoms with van der Waals surface area (Å²) in [7, 11) is 0. The van der Waals surface area contributed by atoms with Crippen molar-refractivity contribution < 1.29 is 5.11 Å². The van der Waals surface area contributed by atoms with Crippen LogP contribution in [0, 0.1) is 0 Å². The Morgan fingerprint density at radius 2 is 2.13 bits per heavy atom. The van der Waals surface area contributed by atoms with Gasteiger partial charge in [-0.1, -0.05) is 29.3 Å². The summed E-state index contributed by atoms with van der Waals surface area (Å²) in [5.74, 6) is 0.603. The molecule has 1 heterocycles. The smallest absolute Gasteiger partial charge is 0.139 e. The maximum atomic E-state index is 8.89. The maximum absolute atomic E-state index is 8.89. The predicted octanol–water partition coefficient (Wildman–Crippen LogP) is 2.88. The number of nitrogens with zero attached hydrogens (tertiary/aromatic N) is 1. The van der Waals surface area contributed by atoms with Crippen molar-refractivity contribution in [3.05, 3.63) is 40.1 Å². The minimum Gasteiger partial charge on any atom is -0.390 e. The summed E-state index contributed by atoms with van der Waals surface area (Å²) >= 11 is 11.9. The van der Waals surface area contributed by atoms with E-state index in [0.29, 0.717) is 21.6 Å². The van der Waals surface area contributed by atoms with Gasteiger partial charge in [-0.15, -0.1) is 0 Å². The Hall–Kier alpha value is -1.03. The van der Waals surface area contributed by atoms with E-state index in [2.05, 4.69) is 9.97 Å². The number of aromatic nitrogens is 2. The van der Waals surface area contributed by atoms with E-state index < -0.39 is 0 Å². The lowest BCUT2D eigenvalue weighted by molar-refractivity contribution is 0.277. The lowest BCUT2D eigenvalue weighted by atomic mass is 10.2. The Bertz CT molecular complexity index is 482. The summed E-state index contributed by atoms with van der Waals surface area (Å²) in [5.41, 5.74) is 1.37. The molecule has 78 valence electrons. The van der Waals surface area contributed by atoms with Gasteiger partial charge in [0.25, 0.3) is 0 Å². The predicted molar refractivity (Wildman–Crippen MR) is 60.0 cm³/mol. The molecule has 0 aliphatic rings. The molecule has 0 aliphatic heterocycles. The third-order valence-electron chi connectivity index (χ3n) is 2.01. The highest BCUT2D eigenvalue weighted by atomic mass is 35.5. The van der Waals surface area contributed by atoms with Crippen LogP contribution in [-0.2, 0) is 6.61 Å². The first-order valence-corrected chi connectivity index (χ1v) is 5.07. The molecule has 0 radical (unpaired) electrons. The van der Waals surface area contributed by atoms with Crippen LogP contribution in [0.25, 0.3) is 11.4 Å². The maximum Gasteiger partial charge on any atom is 0.139 e. The normalized spacial score (nSPS) is 10.6. The van der Waals surface area contributed by atoms with Crippen LogP contribution in [-0.4, -0.2) is 15.1 Å². The zero-order chi connectivity index (χ0) is 10.8. The molecule has 0 atom stereocenters. The zero-order valence-corrected chi connectivity index (χ0v) is 9.18. The van der Waals surface area contributed by atoms with E-state index >= 15 is 0 Å². The highest BCUT2D eigenvalue weighted by molar-refractivity contribution is 6.43. The number of imidazole rings is 1. The molecule has 0 saturated heterocycles. The quantitative estimate of drug-likeness (QED) is 0.851. The molecule has 1 aromatic heterocycles. The Morgan fingerprint density at radius 3 is 2.80 bits per heavy atom. The van der Waals surface area contributed by atoms with E-state index in [1.807, 2.05) is 6.07 Å². The Labute approximate surface area is 96.7 Å². The molecule has 15 heavy (non-hydrogen) atoms. The van der Waals surface area contributed by atoms with Crippen LogP contribution in [0.15, 0.2) is 24.4 Å². The van der Waals surface area contributed by atoms with E-state index in [-0.39, 0.29) is 6.61 Å². The number of aliphatic hydroxyl groups is 1. The van der Waals surface area contributed by atoms with Crippen LogP contribution in [0.1, 0.15) is 5.69 Å². The van der Waals surface area contributed by atoms with Crippen molar-refractivity contribution in [1.29, 1.82) is 0 Å². The van der Waals surface area contributed by atoms with Gasteiger partial charge in [0.15, 0.2) is 0 Å². The number of hydrogen-bond donors (Lipinski definition) is 2. The van der Waals surface area contributed by atoms with Gasteiger partial charge in [-0.25, -0.2) is 4.98 Å². The van der Waals surface area contributed by atoms with Gasteiger partial charge in [-0.3, -0.25) is 0 Å². The van der Waals surface area contributed by atoms with Crippen LogP contribution in [0.3, 0.4) is 0 Å². The molecule has 2 rings (SSSR count). The van der Waals surface area contributed by atoms with E-state index in [9.17, 15) is 0 Å². The second kappa shape index (κ2) is 4.23. The van der Waals surface area contributed by atoms with Crippen molar-refractivity contribution in [2.45, 2.75) is 6.61 Å². The first-order chi connectivity index (χ1) is 7.22. The summed E-state index contributed by atoms with van der Waals surface area (Å²) in [6.07, 6.45) is 1.56. The average Bonchev–Trinajstić information content (AvgIpc) is 2.70. The highest BCUT2D eigenvalue weighted by Gasteiger charge is 2.09. The number of halogens is 2. The molecule has 0 aliphatic carbocycles. The lowest BCUT2D eigenvalue weighted by Crippen LogP contribution is -1.85. The lowest BCUT2D eigenvalue weighted by Gasteiger charge is -2.01. The molecular formula is C10H8Cl2N2O. The van der Waals surface area contributed by atoms with Crippen LogP contribution >= 0.6 is 23.2 Å². The molecule has 0 bridgehead atoms. The molecule has 2 N–H and O–H groups in total. The van der Waals surface area contributed by atoms with Crippen LogP contribution in [0.4, 0.5) is 0 Å². The fourth-order valence-corrected chi connectivity index (χ4v) is 1.65. The third-order valence-corrected chi connectivity index (χ3v) is 2.82. The molecular weight excluding hydrogens is 235 g/mol. The van der Waals surface area contributed by atoms with Crippen molar-refractivity contribution in [3.8, 4) is 11.4 Å². The SMILES string of the molecule is OCc1cnc(-c2cccc(Cl)c2Cl)[nH]1. The average molecular weight is 243 g/mol. The number of aromatic amines is 1. The summed E-state index contributed by atoms with van der Waals surface area (Å²) in [6.45, 7) is -0.0782. The zero-order valence-electron chi connectivity index (χ0n) is 7.67. The highest BCUT2D eigenvalue weighted by Crippen LogP contribution is 2.31. The van der Waals surface area contributed by atoms with Crippen molar-refractivity contribution in [2.75, 3.05) is 0 Å². The van der Waals surface area contributed by atoms with Gasteiger partial charge < -0.3 is 10.1 Å². The topological polar surface area (TPSA) is 48.9 Å². The molecule has 0 saturated carbocycles. The molecule has 0 unspecified atom stereocenters. The van der Waals surface area contributed by atoms with Gasteiger partial charge >= 0.3 is 0 Å². The summed E-state index contributed by atoms with van der Waals surface area (Å²) in [5, 5.41) is 9.83. The first-order valence-electron chi connectivity index (χ1n) is 4.31. The number of aliphatic hydroxyl groups excluding tert-OH is 1. The summed E-state index contributed by atoms with van der Waals surface area (Å²) < 4.78 is 0. The summed E-state index contributed by atoms with van der Waals surface area (Å²) in [6, 6.07) is 5.32. The fraction of sp³-hybridized carbons (Fsp3) is 0.100. The minimum absolute atomic E-state index is 0.0782. The van der Waals surface area contributed by atoms with Gasteiger partial charge in [-0.2, -0.15) is 0 Å². The van der Waals surface area contributed by atoms with E-state index in [1.54, 1.807) is 18.3 Å². The molecule has 2 aromatic rings. The second-order valence-electron chi connectivity index (χ2n) is 3.02. The monoisotopic (exact) mass is 242 g/mol. The standard InChI is InChI=1S/C10H8Cl2N2O/c11-8-3-1-2-7(9(8)12)10-13-4-6(5-15)14-10/h1-4,15H,5H2,(H,13,14).